The third-order valence-electron chi connectivity index (χ3n) is 4.68. The molecule has 7 nitrogen and oxygen atoms in total. The number of hydrogen-bond donors (Lipinski definition) is 2. The highest BCUT2D eigenvalue weighted by Gasteiger charge is 2.32. The summed E-state index contributed by atoms with van der Waals surface area (Å²) in [5.74, 6) is 0.461. The molecule has 1 saturated carbocycles. The van der Waals surface area contributed by atoms with Crippen molar-refractivity contribution < 1.29 is 14.4 Å². The van der Waals surface area contributed by atoms with Crippen LogP contribution in [0.1, 0.15) is 46.4 Å². The Kier molecular flexibility index (Phi) is 5.00. The van der Waals surface area contributed by atoms with E-state index >= 15 is 0 Å². The van der Waals surface area contributed by atoms with E-state index < -0.39 is 6.10 Å². The number of benzene rings is 1. The van der Waals surface area contributed by atoms with Crippen LogP contribution in [-0.4, -0.2) is 32.4 Å². The zero-order valence-electron chi connectivity index (χ0n) is 14.8. The van der Waals surface area contributed by atoms with Crippen LogP contribution in [0.15, 0.2) is 40.9 Å². The summed E-state index contributed by atoms with van der Waals surface area (Å²) in [6.45, 7) is 1.69. The average Bonchev–Trinajstić information content (AvgIpc) is 3.30. The summed E-state index contributed by atoms with van der Waals surface area (Å²) < 4.78 is 5.20. The molecule has 0 spiro atoms. The maximum atomic E-state index is 12.3. The van der Waals surface area contributed by atoms with Gasteiger partial charge in [-0.3, -0.25) is 4.79 Å². The lowest BCUT2D eigenvalue weighted by molar-refractivity contribution is 0.0852. The minimum atomic E-state index is -0.577. The van der Waals surface area contributed by atoms with Gasteiger partial charge in [0.1, 0.15) is 21.8 Å². The Balaban J connectivity index is 1.27. The normalized spacial score (nSPS) is 20.1. The van der Waals surface area contributed by atoms with Crippen molar-refractivity contribution in [3.63, 3.8) is 0 Å². The van der Waals surface area contributed by atoms with Crippen LogP contribution in [-0.2, 0) is 6.42 Å². The van der Waals surface area contributed by atoms with E-state index in [1.165, 1.54) is 11.3 Å². The minimum Gasteiger partial charge on any atom is -0.386 e. The third-order valence-corrected chi connectivity index (χ3v) is 5.79. The molecule has 0 saturated heterocycles. The minimum absolute atomic E-state index is 0.136. The molecule has 1 atom stereocenters. The van der Waals surface area contributed by atoms with Gasteiger partial charge >= 0.3 is 0 Å². The van der Waals surface area contributed by atoms with Gasteiger partial charge in [-0.1, -0.05) is 46.8 Å². The van der Waals surface area contributed by atoms with E-state index in [-0.39, 0.29) is 17.7 Å². The van der Waals surface area contributed by atoms with E-state index in [1.54, 1.807) is 13.0 Å². The number of aliphatic hydroxyl groups excluding tert-OH is 1. The first kappa shape index (κ1) is 17.8. The molecule has 4 rings (SSSR count). The van der Waals surface area contributed by atoms with Gasteiger partial charge in [-0.25, -0.2) is 0 Å². The fourth-order valence-corrected chi connectivity index (χ4v) is 4.06. The molecule has 27 heavy (non-hydrogen) atoms. The zero-order chi connectivity index (χ0) is 18.8. The van der Waals surface area contributed by atoms with Crippen molar-refractivity contribution in [2.45, 2.75) is 38.3 Å². The van der Waals surface area contributed by atoms with Crippen LogP contribution in [0.3, 0.4) is 0 Å². The summed E-state index contributed by atoms with van der Waals surface area (Å²) in [6.07, 6.45) is 2.05. The Hall–Kier alpha value is -2.58. The largest absolute Gasteiger partial charge is 0.386 e. The molecule has 2 N–H and O–H groups in total. The maximum Gasteiger partial charge on any atom is 0.290 e. The second kappa shape index (κ2) is 7.58. The van der Waals surface area contributed by atoms with Gasteiger partial charge in [0.25, 0.3) is 5.91 Å². The van der Waals surface area contributed by atoms with Gasteiger partial charge in [0.2, 0.25) is 5.76 Å². The number of rotatable bonds is 6. The van der Waals surface area contributed by atoms with E-state index in [1.807, 2.05) is 30.3 Å². The van der Waals surface area contributed by atoms with Crippen LogP contribution >= 0.6 is 11.3 Å². The van der Waals surface area contributed by atoms with Gasteiger partial charge in [0, 0.05) is 24.1 Å². The Bertz CT molecular complexity index is 916. The molecule has 1 aliphatic rings. The molecule has 1 amide bonds. The van der Waals surface area contributed by atoms with Crippen molar-refractivity contribution in [2.75, 3.05) is 0 Å². The lowest BCUT2D eigenvalue weighted by Gasteiger charge is -2.35. The van der Waals surface area contributed by atoms with E-state index in [9.17, 15) is 9.90 Å². The van der Waals surface area contributed by atoms with Crippen molar-refractivity contribution in [2.24, 2.45) is 5.92 Å². The Labute approximate surface area is 160 Å². The Morgan fingerprint density at radius 2 is 2.11 bits per heavy atom. The number of aromatic nitrogens is 3. The molecule has 3 aromatic rings. The lowest BCUT2D eigenvalue weighted by atomic mass is 9.78. The van der Waals surface area contributed by atoms with Gasteiger partial charge in [0.15, 0.2) is 0 Å². The number of carbonyl (C=O) groups excluding carboxylic acids is 1. The molecule has 1 fully saturated rings. The van der Waals surface area contributed by atoms with Gasteiger partial charge < -0.3 is 14.9 Å². The molecule has 140 valence electrons. The molecule has 0 bridgehead atoms. The second-order valence-electron chi connectivity index (χ2n) is 6.86. The SMILES string of the molecule is C[C@@H](O)c1nnc(CC2CC(NC(=O)c3cc(-c4ccccc4)no3)C2)s1. The van der Waals surface area contributed by atoms with Crippen LogP contribution in [0, 0.1) is 5.92 Å². The highest BCUT2D eigenvalue weighted by Crippen LogP contribution is 2.32. The van der Waals surface area contributed by atoms with Crippen LogP contribution in [0.4, 0.5) is 0 Å². The fourth-order valence-electron chi connectivity index (χ4n) is 3.17. The van der Waals surface area contributed by atoms with Gasteiger partial charge in [0.05, 0.1) is 0 Å². The van der Waals surface area contributed by atoms with Crippen LogP contribution in [0.5, 0.6) is 0 Å². The molecule has 8 heteroatoms. The second-order valence-corrected chi connectivity index (χ2v) is 7.96. The van der Waals surface area contributed by atoms with E-state index in [4.69, 9.17) is 4.52 Å². The molecular weight excluding hydrogens is 364 g/mol. The Morgan fingerprint density at radius 1 is 1.33 bits per heavy atom. The Morgan fingerprint density at radius 3 is 2.81 bits per heavy atom. The molecule has 0 aliphatic heterocycles. The van der Waals surface area contributed by atoms with Crippen molar-refractivity contribution in [1.82, 2.24) is 20.7 Å². The monoisotopic (exact) mass is 384 g/mol. The predicted molar refractivity (Wildman–Crippen MR) is 100 cm³/mol. The molecule has 0 radical (unpaired) electrons. The molecule has 2 aromatic heterocycles. The number of carbonyl (C=O) groups is 1. The standard InChI is InChI=1S/C19H20N4O3S/c1-11(24)19-22-21-17(27-19)9-12-7-14(8-12)20-18(25)16-10-15(23-26-16)13-5-3-2-4-6-13/h2-6,10-12,14,24H,7-9H2,1H3,(H,20,25)/t11-,12?,14?/m1/s1. The summed E-state index contributed by atoms with van der Waals surface area (Å²) in [4.78, 5) is 12.3. The van der Waals surface area contributed by atoms with Crippen LogP contribution < -0.4 is 5.32 Å². The summed E-state index contributed by atoms with van der Waals surface area (Å²) in [5.41, 5.74) is 1.56. The van der Waals surface area contributed by atoms with Crippen molar-refractivity contribution in [3.05, 3.63) is 52.2 Å². The van der Waals surface area contributed by atoms with Gasteiger partial charge in [-0.05, 0) is 25.7 Å². The first-order valence-electron chi connectivity index (χ1n) is 8.92. The molecule has 2 heterocycles. The summed E-state index contributed by atoms with van der Waals surface area (Å²) in [5, 5.41) is 26.2. The summed E-state index contributed by atoms with van der Waals surface area (Å²) in [6, 6.07) is 11.4. The average molecular weight is 384 g/mol. The third kappa shape index (κ3) is 4.06. The summed E-state index contributed by atoms with van der Waals surface area (Å²) in [7, 11) is 0. The topological polar surface area (TPSA) is 101 Å². The molecular formula is C19H20N4O3S. The number of amides is 1. The number of hydrogen-bond acceptors (Lipinski definition) is 7. The highest BCUT2D eigenvalue weighted by molar-refractivity contribution is 7.11. The summed E-state index contributed by atoms with van der Waals surface area (Å²) >= 11 is 1.45. The maximum absolute atomic E-state index is 12.3. The lowest BCUT2D eigenvalue weighted by Crippen LogP contribution is -2.44. The van der Waals surface area contributed by atoms with Crippen molar-refractivity contribution in [3.8, 4) is 11.3 Å². The van der Waals surface area contributed by atoms with Gasteiger partial charge in [-0.15, -0.1) is 10.2 Å². The quantitative estimate of drug-likeness (QED) is 0.677. The molecule has 1 aromatic carbocycles. The van der Waals surface area contributed by atoms with Gasteiger partial charge in [-0.2, -0.15) is 0 Å². The van der Waals surface area contributed by atoms with E-state index in [0.717, 1.165) is 29.8 Å². The zero-order valence-corrected chi connectivity index (χ0v) is 15.6. The number of aliphatic hydroxyl groups is 1. The van der Waals surface area contributed by atoms with Crippen LogP contribution in [0.25, 0.3) is 11.3 Å². The predicted octanol–water partition coefficient (Wildman–Crippen LogP) is 3.00. The van der Waals surface area contributed by atoms with E-state index in [2.05, 4.69) is 20.7 Å². The fraction of sp³-hybridized carbons (Fsp3) is 0.368. The first-order chi connectivity index (χ1) is 13.1. The number of nitrogens with one attached hydrogen (secondary N) is 1. The highest BCUT2D eigenvalue weighted by atomic mass is 32.1. The molecule has 0 unspecified atom stereocenters. The van der Waals surface area contributed by atoms with Crippen LogP contribution in [0.2, 0.25) is 0 Å². The smallest absolute Gasteiger partial charge is 0.290 e. The van der Waals surface area contributed by atoms with Crippen molar-refractivity contribution >= 4 is 17.2 Å². The molecule has 1 aliphatic carbocycles. The number of nitrogens with zero attached hydrogens (tertiary/aromatic N) is 3. The first-order valence-corrected chi connectivity index (χ1v) is 9.73. The van der Waals surface area contributed by atoms with Crippen molar-refractivity contribution in [1.29, 1.82) is 0 Å². The van der Waals surface area contributed by atoms with E-state index in [0.29, 0.717) is 16.6 Å².